The van der Waals surface area contributed by atoms with Crippen LogP contribution in [0.4, 0.5) is 11.4 Å². The lowest BCUT2D eigenvalue weighted by molar-refractivity contribution is -0.126. The summed E-state index contributed by atoms with van der Waals surface area (Å²) in [5.41, 5.74) is 0.457. The minimum Gasteiger partial charge on any atom is -0.497 e. The molecule has 0 saturated heterocycles. The number of ether oxygens (including phenoxy) is 4. The first-order valence-electron chi connectivity index (χ1n) is 9.99. The first-order valence-corrected chi connectivity index (χ1v) is 10.7. The zero-order chi connectivity index (χ0) is 24.5. The molecule has 1 atom stereocenters. The Hall–Kier alpha value is -3.04. The molecule has 0 bridgehead atoms. The quantitative estimate of drug-likeness (QED) is 0.324. The van der Waals surface area contributed by atoms with Gasteiger partial charge in [0, 0.05) is 12.1 Å². The molecule has 2 rings (SSSR count). The molecule has 0 saturated carbocycles. The molecule has 0 aliphatic rings. The van der Waals surface area contributed by atoms with Crippen molar-refractivity contribution in [2.75, 3.05) is 32.8 Å². The number of carbonyl (C=O) groups excluding carboxylic acids is 2. The Labute approximate surface area is 202 Å². The molecule has 0 aromatic heterocycles. The second-order valence-corrected chi connectivity index (χ2v) is 7.29. The van der Waals surface area contributed by atoms with Crippen LogP contribution in [0.2, 0.25) is 10.0 Å². The molecule has 178 valence electrons. The average Bonchev–Trinajstić information content (AvgIpc) is 2.77. The van der Waals surface area contributed by atoms with Gasteiger partial charge < -0.3 is 24.3 Å². The summed E-state index contributed by atoms with van der Waals surface area (Å²) < 4.78 is 21.5. The maximum Gasteiger partial charge on any atom is 0.258 e. The number of carbonyl (C=O) groups is 2. The van der Waals surface area contributed by atoms with E-state index in [2.05, 4.69) is 15.5 Å². The van der Waals surface area contributed by atoms with Crippen LogP contribution in [0.15, 0.2) is 34.5 Å². The second kappa shape index (κ2) is 12.3. The van der Waals surface area contributed by atoms with Crippen molar-refractivity contribution in [3.05, 3.63) is 34.3 Å². The fourth-order valence-electron chi connectivity index (χ4n) is 2.78. The summed E-state index contributed by atoms with van der Waals surface area (Å²) in [5.74, 6) is -0.00483. The van der Waals surface area contributed by atoms with Crippen LogP contribution in [0.5, 0.6) is 23.0 Å². The van der Waals surface area contributed by atoms with Gasteiger partial charge in [-0.3, -0.25) is 9.59 Å². The largest absolute Gasteiger partial charge is 0.497 e. The fraction of sp³-hybridized carbons (Fsp3) is 0.364. The van der Waals surface area contributed by atoms with Crippen molar-refractivity contribution in [1.82, 2.24) is 0 Å². The molecule has 1 unspecified atom stereocenters. The fourth-order valence-corrected chi connectivity index (χ4v) is 3.34. The minimum atomic E-state index is -1.44. The third-order valence-electron chi connectivity index (χ3n) is 4.26. The number of nitrogens with one attached hydrogen (secondary N) is 1. The van der Waals surface area contributed by atoms with E-state index in [0.717, 1.165) is 0 Å². The molecule has 9 nitrogen and oxygen atoms in total. The van der Waals surface area contributed by atoms with Gasteiger partial charge in [-0.05, 0) is 32.9 Å². The number of hydrogen-bond donors (Lipinski definition) is 1. The van der Waals surface area contributed by atoms with E-state index in [9.17, 15) is 9.59 Å². The number of benzene rings is 2. The van der Waals surface area contributed by atoms with Crippen molar-refractivity contribution in [1.29, 1.82) is 0 Å². The lowest BCUT2D eigenvalue weighted by atomic mass is 10.2. The van der Waals surface area contributed by atoms with Gasteiger partial charge in [-0.2, -0.15) is 10.2 Å². The van der Waals surface area contributed by atoms with Crippen LogP contribution in [-0.2, 0) is 9.59 Å². The Kier molecular flexibility index (Phi) is 9.74. The summed E-state index contributed by atoms with van der Waals surface area (Å²) in [5, 5.41) is 11.0. The van der Waals surface area contributed by atoms with Crippen molar-refractivity contribution in [2.24, 2.45) is 10.2 Å². The smallest absolute Gasteiger partial charge is 0.258 e. The SMILES string of the molecule is CCOc1ccc(N=NC(C(C)=O)C(=O)Nc2cc(OC)cc(Cl)c2OC)c(OCC)c1Cl. The van der Waals surface area contributed by atoms with Crippen LogP contribution in [0.1, 0.15) is 20.8 Å². The molecule has 0 heterocycles. The maximum atomic E-state index is 12.9. The van der Waals surface area contributed by atoms with Gasteiger partial charge in [0.25, 0.3) is 5.91 Å². The summed E-state index contributed by atoms with van der Waals surface area (Å²) in [6, 6.07) is 4.78. The average molecular weight is 498 g/mol. The van der Waals surface area contributed by atoms with Crippen molar-refractivity contribution < 1.29 is 28.5 Å². The van der Waals surface area contributed by atoms with Gasteiger partial charge in [-0.1, -0.05) is 23.2 Å². The highest BCUT2D eigenvalue weighted by molar-refractivity contribution is 6.34. The molecule has 1 amide bonds. The van der Waals surface area contributed by atoms with Gasteiger partial charge in [0.15, 0.2) is 17.3 Å². The highest BCUT2D eigenvalue weighted by atomic mass is 35.5. The Morgan fingerprint density at radius 2 is 1.73 bits per heavy atom. The Balaban J connectivity index is 2.37. The van der Waals surface area contributed by atoms with E-state index >= 15 is 0 Å². The van der Waals surface area contributed by atoms with Crippen LogP contribution in [0.25, 0.3) is 0 Å². The lowest BCUT2D eigenvalue weighted by Crippen LogP contribution is -2.32. The van der Waals surface area contributed by atoms with Crippen LogP contribution in [0.3, 0.4) is 0 Å². The van der Waals surface area contributed by atoms with E-state index in [-0.39, 0.29) is 32.9 Å². The van der Waals surface area contributed by atoms with E-state index < -0.39 is 17.7 Å². The van der Waals surface area contributed by atoms with E-state index in [4.69, 9.17) is 42.1 Å². The Bertz CT molecular complexity index is 1050. The molecule has 0 radical (unpaired) electrons. The lowest BCUT2D eigenvalue weighted by Gasteiger charge is -2.15. The van der Waals surface area contributed by atoms with E-state index in [1.54, 1.807) is 19.1 Å². The van der Waals surface area contributed by atoms with Crippen LogP contribution >= 0.6 is 23.2 Å². The molecular formula is C22H25Cl2N3O6. The van der Waals surface area contributed by atoms with E-state index in [1.807, 2.05) is 6.92 Å². The number of methoxy groups -OCH3 is 2. The van der Waals surface area contributed by atoms with Gasteiger partial charge in [-0.15, -0.1) is 0 Å². The van der Waals surface area contributed by atoms with Gasteiger partial charge in [-0.25, -0.2) is 0 Å². The Morgan fingerprint density at radius 1 is 1.03 bits per heavy atom. The van der Waals surface area contributed by atoms with Crippen LogP contribution in [0, 0.1) is 0 Å². The molecule has 0 fully saturated rings. The number of azo groups is 1. The predicted molar refractivity (Wildman–Crippen MR) is 126 cm³/mol. The number of nitrogens with zero attached hydrogens (tertiary/aromatic N) is 2. The Morgan fingerprint density at radius 3 is 2.30 bits per heavy atom. The first-order chi connectivity index (χ1) is 15.8. The number of anilines is 1. The molecule has 0 aliphatic heterocycles. The number of hydrogen-bond acceptors (Lipinski definition) is 8. The second-order valence-electron chi connectivity index (χ2n) is 6.50. The molecule has 2 aromatic carbocycles. The van der Waals surface area contributed by atoms with Gasteiger partial charge >= 0.3 is 0 Å². The summed E-state index contributed by atoms with van der Waals surface area (Å²) in [7, 11) is 2.85. The number of rotatable bonds is 11. The third-order valence-corrected chi connectivity index (χ3v) is 4.90. The summed E-state index contributed by atoms with van der Waals surface area (Å²) in [4.78, 5) is 25.1. The maximum absolute atomic E-state index is 12.9. The third kappa shape index (κ3) is 6.49. The number of halogens is 2. The summed E-state index contributed by atoms with van der Waals surface area (Å²) in [6.45, 7) is 5.56. The van der Waals surface area contributed by atoms with Gasteiger partial charge in [0.2, 0.25) is 6.04 Å². The normalized spacial score (nSPS) is 11.7. The molecule has 11 heteroatoms. The van der Waals surface area contributed by atoms with Crippen LogP contribution < -0.4 is 24.3 Å². The summed E-state index contributed by atoms with van der Waals surface area (Å²) >= 11 is 12.5. The summed E-state index contributed by atoms with van der Waals surface area (Å²) in [6.07, 6.45) is 0. The predicted octanol–water partition coefficient (Wildman–Crippen LogP) is 5.49. The zero-order valence-corrected chi connectivity index (χ0v) is 20.4. The standard InChI is InChI=1S/C22H25Cl2N3O6/c1-6-32-17-9-8-15(21(18(17)24)33-7-2)26-27-19(12(3)28)22(29)25-16-11-13(30-4)10-14(23)20(16)31-5/h8-11,19H,6-7H2,1-5H3,(H,25,29). The zero-order valence-electron chi connectivity index (χ0n) is 18.9. The molecule has 33 heavy (non-hydrogen) atoms. The van der Waals surface area contributed by atoms with Crippen LogP contribution in [-0.4, -0.2) is 45.2 Å². The van der Waals surface area contributed by atoms with Crippen molar-refractivity contribution >= 4 is 46.3 Å². The van der Waals surface area contributed by atoms with Crippen molar-refractivity contribution in [3.63, 3.8) is 0 Å². The number of amides is 1. The van der Waals surface area contributed by atoms with E-state index in [0.29, 0.717) is 24.7 Å². The van der Waals surface area contributed by atoms with Crippen molar-refractivity contribution in [3.8, 4) is 23.0 Å². The highest BCUT2D eigenvalue weighted by Crippen LogP contribution is 2.42. The topological polar surface area (TPSA) is 108 Å². The molecular weight excluding hydrogens is 473 g/mol. The molecule has 0 spiro atoms. The van der Waals surface area contributed by atoms with Gasteiger partial charge in [0.05, 0.1) is 38.1 Å². The highest BCUT2D eigenvalue weighted by Gasteiger charge is 2.25. The first kappa shape index (κ1) is 26.2. The molecule has 2 aromatic rings. The molecule has 0 aliphatic carbocycles. The minimum absolute atomic E-state index is 0.210. The van der Waals surface area contributed by atoms with E-state index in [1.165, 1.54) is 33.3 Å². The van der Waals surface area contributed by atoms with Gasteiger partial charge in [0.1, 0.15) is 22.2 Å². The number of Topliss-reactive ketones (excluding diaryl/α,β-unsaturated/α-hetero) is 1. The van der Waals surface area contributed by atoms with Crippen molar-refractivity contribution in [2.45, 2.75) is 26.8 Å². The molecule has 1 N–H and O–H groups in total. The number of ketones is 1. The monoisotopic (exact) mass is 497 g/mol.